The van der Waals surface area contributed by atoms with Crippen molar-refractivity contribution < 1.29 is 22.7 Å². The number of hydrogen-bond donors (Lipinski definition) is 0. The smallest absolute Gasteiger partial charge is 0.406 e. The van der Waals surface area contributed by atoms with Crippen molar-refractivity contribution >= 4 is 12.0 Å². The molecule has 1 saturated heterocycles. The van der Waals surface area contributed by atoms with Gasteiger partial charge in [-0.3, -0.25) is 14.8 Å². The molecule has 2 aromatic carbocycles. The molecule has 1 aromatic heterocycles. The number of halogens is 3. The van der Waals surface area contributed by atoms with Crippen molar-refractivity contribution in [3.63, 3.8) is 0 Å². The molecule has 3 aromatic rings. The molecule has 0 radical (unpaired) electrons. The third-order valence-corrected chi connectivity index (χ3v) is 7.08. The third-order valence-electron chi connectivity index (χ3n) is 7.08. The highest BCUT2D eigenvalue weighted by atomic mass is 19.4. The molecule has 1 unspecified atom stereocenters. The maximum Gasteiger partial charge on any atom is 0.573 e. The van der Waals surface area contributed by atoms with Gasteiger partial charge in [-0.1, -0.05) is 12.1 Å². The Labute approximate surface area is 214 Å². The van der Waals surface area contributed by atoms with Gasteiger partial charge in [0.2, 0.25) is 0 Å². The molecule has 3 heterocycles. The first-order valence-electron chi connectivity index (χ1n) is 12.3. The van der Waals surface area contributed by atoms with E-state index in [0.717, 1.165) is 61.3 Å². The molecule has 0 aliphatic carbocycles. The van der Waals surface area contributed by atoms with Crippen molar-refractivity contribution in [1.82, 2.24) is 14.8 Å². The Hall–Kier alpha value is -3.43. The lowest BCUT2D eigenvalue weighted by Crippen LogP contribution is -2.46. The summed E-state index contributed by atoms with van der Waals surface area (Å²) < 4.78 is 41.3. The Balaban J connectivity index is 1.25. The molecule has 2 aliphatic heterocycles. The van der Waals surface area contributed by atoms with Gasteiger partial charge in [-0.15, -0.1) is 13.2 Å². The van der Waals surface area contributed by atoms with Gasteiger partial charge in [0, 0.05) is 63.9 Å². The lowest BCUT2D eigenvalue weighted by atomic mass is 9.98. The van der Waals surface area contributed by atoms with Crippen LogP contribution < -0.4 is 9.64 Å². The van der Waals surface area contributed by atoms with E-state index in [2.05, 4.69) is 48.7 Å². The number of fused-ring (bicyclic) bond motifs is 1. The molecule has 0 saturated carbocycles. The molecule has 1 fully saturated rings. The molecule has 5 rings (SSSR count). The molecule has 0 bridgehead atoms. The molecule has 9 heteroatoms. The summed E-state index contributed by atoms with van der Waals surface area (Å²) in [5, 5.41) is 0. The average molecular weight is 511 g/mol. The van der Waals surface area contributed by atoms with Crippen LogP contribution in [0.4, 0.5) is 18.9 Å². The van der Waals surface area contributed by atoms with Crippen molar-refractivity contribution in [1.29, 1.82) is 0 Å². The second-order valence-corrected chi connectivity index (χ2v) is 9.63. The average Bonchev–Trinajstić information content (AvgIpc) is 3.23. The number of piperazine rings is 1. The van der Waals surface area contributed by atoms with E-state index >= 15 is 0 Å². The van der Waals surface area contributed by atoms with E-state index in [1.165, 1.54) is 23.4 Å². The van der Waals surface area contributed by atoms with Crippen LogP contribution in [0.15, 0.2) is 60.9 Å². The van der Waals surface area contributed by atoms with Crippen LogP contribution in [0.5, 0.6) is 5.75 Å². The number of ether oxygens (including phenoxy) is 1. The van der Waals surface area contributed by atoms with E-state index in [9.17, 15) is 18.0 Å². The largest absolute Gasteiger partial charge is 0.573 e. The van der Waals surface area contributed by atoms with Crippen molar-refractivity contribution in [3.8, 4) is 5.75 Å². The monoisotopic (exact) mass is 510 g/mol. The molecule has 37 heavy (non-hydrogen) atoms. The highest BCUT2D eigenvalue weighted by molar-refractivity contribution is 5.68. The van der Waals surface area contributed by atoms with Gasteiger partial charge in [0.05, 0.1) is 6.04 Å². The van der Waals surface area contributed by atoms with Gasteiger partial charge in [0.15, 0.2) is 0 Å². The molecule has 0 spiro atoms. The minimum absolute atomic E-state index is 0.255. The van der Waals surface area contributed by atoms with Crippen LogP contribution in [0.3, 0.4) is 0 Å². The summed E-state index contributed by atoms with van der Waals surface area (Å²) in [6, 6.07) is 13.9. The minimum atomic E-state index is -4.72. The fourth-order valence-corrected chi connectivity index (χ4v) is 5.34. The van der Waals surface area contributed by atoms with Crippen molar-refractivity contribution in [2.24, 2.45) is 0 Å². The van der Waals surface area contributed by atoms with E-state index in [4.69, 9.17) is 0 Å². The van der Waals surface area contributed by atoms with E-state index in [1.54, 1.807) is 12.1 Å². The van der Waals surface area contributed by atoms with Gasteiger partial charge in [0.25, 0.3) is 0 Å². The number of aryl methyl sites for hydroxylation is 1. The molecule has 0 N–H and O–H groups in total. The summed E-state index contributed by atoms with van der Waals surface area (Å²) >= 11 is 0. The van der Waals surface area contributed by atoms with Gasteiger partial charge in [-0.05, 0) is 71.1 Å². The van der Waals surface area contributed by atoms with Crippen molar-refractivity contribution in [3.05, 3.63) is 88.7 Å². The van der Waals surface area contributed by atoms with Crippen LogP contribution in [-0.4, -0.2) is 53.6 Å². The Bertz CT molecular complexity index is 1230. The number of pyridine rings is 1. The van der Waals surface area contributed by atoms with E-state index in [0.29, 0.717) is 13.1 Å². The Kier molecular flexibility index (Phi) is 7.17. The highest BCUT2D eigenvalue weighted by Gasteiger charge is 2.33. The number of alkyl halides is 3. The predicted molar refractivity (Wildman–Crippen MR) is 134 cm³/mol. The number of aldehydes is 1. The van der Waals surface area contributed by atoms with Gasteiger partial charge in [-0.25, -0.2) is 0 Å². The number of hydrogen-bond acceptors (Lipinski definition) is 6. The second kappa shape index (κ2) is 10.5. The molecule has 1 atom stereocenters. The zero-order valence-corrected chi connectivity index (χ0v) is 20.6. The summed E-state index contributed by atoms with van der Waals surface area (Å²) in [7, 11) is 0. The molecular weight excluding hydrogens is 481 g/mol. The Morgan fingerprint density at radius 2 is 1.65 bits per heavy atom. The topological polar surface area (TPSA) is 48.9 Å². The molecule has 0 amide bonds. The van der Waals surface area contributed by atoms with Gasteiger partial charge < -0.3 is 14.4 Å². The van der Waals surface area contributed by atoms with Crippen LogP contribution in [0.1, 0.15) is 33.9 Å². The highest BCUT2D eigenvalue weighted by Crippen LogP contribution is 2.38. The van der Waals surface area contributed by atoms with Crippen molar-refractivity contribution in [2.45, 2.75) is 39.0 Å². The Morgan fingerprint density at radius 1 is 0.973 bits per heavy atom. The van der Waals surface area contributed by atoms with Crippen LogP contribution in [0.25, 0.3) is 0 Å². The molecule has 6 nitrogen and oxygen atoms in total. The first-order chi connectivity index (χ1) is 17.8. The summed E-state index contributed by atoms with van der Waals surface area (Å²) in [4.78, 5) is 23.1. The maximum absolute atomic E-state index is 12.5. The van der Waals surface area contributed by atoms with Gasteiger partial charge in [0.1, 0.15) is 12.0 Å². The summed E-state index contributed by atoms with van der Waals surface area (Å²) in [6.07, 6.45) is -0.113. The summed E-state index contributed by atoms with van der Waals surface area (Å²) in [6.45, 7) is 7.81. The lowest BCUT2D eigenvalue weighted by Gasteiger charge is -2.36. The van der Waals surface area contributed by atoms with Gasteiger partial charge in [-0.2, -0.15) is 0 Å². The third kappa shape index (κ3) is 5.94. The number of benzene rings is 2. The Morgan fingerprint density at radius 3 is 2.30 bits per heavy atom. The normalized spacial score (nSPS) is 18.6. The second-order valence-electron chi connectivity index (χ2n) is 9.63. The van der Waals surface area contributed by atoms with E-state index in [1.807, 2.05) is 19.3 Å². The maximum atomic E-state index is 12.5. The predicted octanol–water partition coefficient (Wildman–Crippen LogP) is 4.87. The zero-order valence-electron chi connectivity index (χ0n) is 20.6. The number of anilines is 1. The fraction of sp³-hybridized carbons (Fsp3) is 0.357. The number of rotatable bonds is 7. The molecule has 194 valence electrons. The SMILES string of the molecule is Cc1cc(N2CCN(Cc3ccncc3)CC2)cc2c1C(C=O)N(Cc1ccc(OC(F)(F)F)cc1)C2. The van der Waals surface area contributed by atoms with E-state index < -0.39 is 6.36 Å². The van der Waals surface area contributed by atoms with E-state index in [-0.39, 0.29) is 11.8 Å². The van der Waals surface area contributed by atoms with Gasteiger partial charge >= 0.3 is 6.36 Å². The summed E-state index contributed by atoms with van der Waals surface area (Å²) in [5.41, 5.74) is 6.49. The fourth-order valence-electron chi connectivity index (χ4n) is 5.34. The minimum Gasteiger partial charge on any atom is -0.406 e. The van der Waals surface area contributed by atoms with Crippen LogP contribution in [0, 0.1) is 6.92 Å². The number of aromatic nitrogens is 1. The zero-order chi connectivity index (χ0) is 26.0. The first-order valence-corrected chi connectivity index (χ1v) is 12.3. The number of carbonyl (C=O) groups is 1. The van der Waals surface area contributed by atoms with Crippen LogP contribution >= 0.6 is 0 Å². The first kappa shape index (κ1) is 25.2. The number of nitrogens with zero attached hydrogens (tertiary/aromatic N) is 4. The number of carbonyl (C=O) groups excluding carboxylic acids is 1. The standard InChI is InChI=1S/C28H29F3N4O2/c1-20-14-24(34-12-10-33(11-13-34)16-22-6-8-32-9-7-22)15-23-18-35(26(19-36)27(20)23)17-21-2-4-25(5-3-21)37-28(29,30)31/h2-9,14-15,19,26H,10-13,16-18H2,1H3. The lowest BCUT2D eigenvalue weighted by molar-refractivity contribution is -0.274. The van der Waals surface area contributed by atoms with Crippen LogP contribution in [-0.2, 0) is 24.4 Å². The molecular formula is C28H29F3N4O2. The summed E-state index contributed by atoms with van der Waals surface area (Å²) in [5.74, 6) is -0.255. The molecule has 2 aliphatic rings. The van der Waals surface area contributed by atoms with Crippen LogP contribution in [0.2, 0.25) is 0 Å². The quantitative estimate of drug-likeness (QED) is 0.423. The van der Waals surface area contributed by atoms with Crippen molar-refractivity contribution in [2.75, 3.05) is 31.1 Å².